The minimum absolute atomic E-state index is 0.182. The highest BCUT2D eigenvalue weighted by Crippen LogP contribution is 2.27. The van der Waals surface area contributed by atoms with Crippen molar-refractivity contribution in [2.45, 2.75) is 25.4 Å². The maximum atomic E-state index is 5.81. The molecule has 0 spiro atoms. The summed E-state index contributed by atoms with van der Waals surface area (Å²) in [4.78, 5) is 0. The Balaban J connectivity index is 2.06. The van der Waals surface area contributed by atoms with E-state index in [4.69, 9.17) is 15.2 Å². The smallest absolute Gasteiger partial charge is 0.142 e. The maximum Gasteiger partial charge on any atom is 0.142 e. The van der Waals surface area contributed by atoms with Crippen molar-refractivity contribution in [2.24, 2.45) is 0 Å². The van der Waals surface area contributed by atoms with Crippen LogP contribution in [-0.4, -0.2) is 13.2 Å². The van der Waals surface area contributed by atoms with Crippen molar-refractivity contribution < 1.29 is 9.47 Å². The fourth-order valence-corrected chi connectivity index (χ4v) is 1.84. The number of methoxy groups -OCH3 is 1. The quantitative estimate of drug-likeness (QED) is 0.628. The fourth-order valence-electron chi connectivity index (χ4n) is 1.84. The molecule has 3 heteroatoms. The molecule has 0 heterocycles. The number of ether oxygens (including phenoxy) is 2. The lowest BCUT2D eigenvalue weighted by Crippen LogP contribution is -2.15. The predicted octanol–water partition coefficient (Wildman–Crippen LogP) is 2.76. The summed E-state index contributed by atoms with van der Waals surface area (Å²) in [6, 6.07) is 5.52. The summed E-state index contributed by atoms with van der Waals surface area (Å²) in [5.41, 5.74) is 6.42. The van der Waals surface area contributed by atoms with Crippen molar-refractivity contribution in [3.8, 4) is 11.5 Å². The summed E-state index contributed by atoms with van der Waals surface area (Å²) in [5, 5.41) is 0. The average molecular weight is 219 g/mol. The Kier molecular flexibility index (Phi) is 3.34. The van der Waals surface area contributed by atoms with Crippen molar-refractivity contribution in [3.63, 3.8) is 0 Å². The normalized spacial score (nSPS) is 19.4. The van der Waals surface area contributed by atoms with E-state index >= 15 is 0 Å². The van der Waals surface area contributed by atoms with E-state index in [9.17, 15) is 0 Å². The Morgan fingerprint density at radius 3 is 2.88 bits per heavy atom. The highest BCUT2D eigenvalue weighted by Gasteiger charge is 2.10. The Hall–Kier alpha value is -1.64. The van der Waals surface area contributed by atoms with Crippen LogP contribution in [0.2, 0.25) is 0 Å². The Labute approximate surface area is 95.9 Å². The fraction of sp³-hybridized carbons (Fsp3) is 0.385. The Morgan fingerprint density at radius 2 is 2.25 bits per heavy atom. The van der Waals surface area contributed by atoms with Crippen LogP contribution < -0.4 is 15.2 Å². The molecule has 86 valence electrons. The minimum atomic E-state index is 0.182. The van der Waals surface area contributed by atoms with E-state index in [0.717, 1.165) is 18.6 Å². The number of anilines is 1. The van der Waals surface area contributed by atoms with Crippen LogP contribution in [0.3, 0.4) is 0 Å². The number of hydrogen-bond acceptors (Lipinski definition) is 3. The van der Waals surface area contributed by atoms with Crippen LogP contribution >= 0.6 is 0 Å². The zero-order valence-corrected chi connectivity index (χ0v) is 9.48. The van der Waals surface area contributed by atoms with Crippen molar-refractivity contribution in [3.05, 3.63) is 30.4 Å². The van der Waals surface area contributed by atoms with E-state index in [1.54, 1.807) is 13.2 Å². The second-order valence-electron chi connectivity index (χ2n) is 3.92. The molecule has 16 heavy (non-hydrogen) atoms. The van der Waals surface area contributed by atoms with Crippen molar-refractivity contribution >= 4 is 5.69 Å². The van der Waals surface area contributed by atoms with E-state index in [1.807, 2.05) is 12.1 Å². The first kappa shape index (κ1) is 10.9. The molecule has 2 N–H and O–H groups in total. The molecule has 1 aliphatic carbocycles. The first-order valence-electron chi connectivity index (χ1n) is 5.56. The predicted molar refractivity (Wildman–Crippen MR) is 64.8 cm³/mol. The molecule has 0 radical (unpaired) electrons. The van der Waals surface area contributed by atoms with Crippen LogP contribution in [0.5, 0.6) is 11.5 Å². The topological polar surface area (TPSA) is 44.5 Å². The molecule has 1 aromatic rings. The molecule has 2 rings (SSSR count). The molecular formula is C13H17NO2. The van der Waals surface area contributed by atoms with Gasteiger partial charge in [-0.2, -0.15) is 0 Å². The number of hydrogen-bond donors (Lipinski definition) is 1. The van der Waals surface area contributed by atoms with E-state index in [2.05, 4.69) is 12.2 Å². The van der Waals surface area contributed by atoms with Gasteiger partial charge in [0.15, 0.2) is 0 Å². The van der Waals surface area contributed by atoms with E-state index in [1.165, 1.54) is 6.42 Å². The monoisotopic (exact) mass is 219 g/mol. The summed E-state index contributed by atoms with van der Waals surface area (Å²) in [6.45, 7) is 0. The molecule has 1 aliphatic rings. The average Bonchev–Trinajstić information content (AvgIpc) is 2.31. The van der Waals surface area contributed by atoms with Gasteiger partial charge >= 0.3 is 0 Å². The van der Waals surface area contributed by atoms with Gasteiger partial charge in [-0.25, -0.2) is 0 Å². The molecule has 0 aliphatic heterocycles. The maximum absolute atomic E-state index is 5.81. The van der Waals surface area contributed by atoms with Gasteiger partial charge in [-0.1, -0.05) is 6.08 Å². The summed E-state index contributed by atoms with van der Waals surface area (Å²) < 4.78 is 10.9. The van der Waals surface area contributed by atoms with Crippen LogP contribution in [0.25, 0.3) is 0 Å². The van der Waals surface area contributed by atoms with Gasteiger partial charge < -0.3 is 15.2 Å². The van der Waals surface area contributed by atoms with Crippen molar-refractivity contribution in [1.29, 1.82) is 0 Å². The summed E-state index contributed by atoms with van der Waals surface area (Å²) >= 11 is 0. The third-order valence-electron chi connectivity index (χ3n) is 2.70. The summed E-state index contributed by atoms with van der Waals surface area (Å²) in [6.07, 6.45) is 7.88. The SMILES string of the molecule is COc1ccc(OC2C=CCCC2)cc1N. The van der Waals surface area contributed by atoms with Crippen LogP contribution in [-0.2, 0) is 0 Å². The van der Waals surface area contributed by atoms with Gasteiger partial charge in [0, 0.05) is 6.07 Å². The van der Waals surface area contributed by atoms with Gasteiger partial charge in [-0.15, -0.1) is 0 Å². The van der Waals surface area contributed by atoms with Gasteiger partial charge in [0.2, 0.25) is 0 Å². The second kappa shape index (κ2) is 4.92. The molecule has 1 aromatic carbocycles. The zero-order chi connectivity index (χ0) is 11.4. The third kappa shape index (κ3) is 2.48. The third-order valence-corrected chi connectivity index (χ3v) is 2.70. The Bertz CT molecular complexity index is 388. The highest BCUT2D eigenvalue weighted by molar-refractivity contribution is 5.56. The second-order valence-corrected chi connectivity index (χ2v) is 3.92. The van der Waals surface area contributed by atoms with E-state index < -0.39 is 0 Å². The lowest BCUT2D eigenvalue weighted by atomic mass is 10.1. The lowest BCUT2D eigenvalue weighted by Gasteiger charge is -2.19. The first-order chi connectivity index (χ1) is 7.79. The standard InChI is InChI=1S/C13H17NO2/c1-15-13-8-7-11(9-12(13)14)16-10-5-3-2-4-6-10/h3,5,7-10H,2,4,6,14H2,1H3. The van der Waals surface area contributed by atoms with Crippen molar-refractivity contribution in [1.82, 2.24) is 0 Å². The number of allylic oxidation sites excluding steroid dienone is 1. The van der Waals surface area contributed by atoms with Crippen LogP contribution in [0.1, 0.15) is 19.3 Å². The number of rotatable bonds is 3. The molecule has 0 amide bonds. The summed E-state index contributed by atoms with van der Waals surface area (Å²) in [5.74, 6) is 1.49. The molecule has 0 saturated heterocycles. The van der Waals surface area contributed by atoms with Crippen molar-refractivity contribution in [2.75, 3.05) is 12.8 Å². The van der Waals surface area contributed by atoms with E-state index in [-0.39, 0.29) is 6.10 Å². The molecule has 0 saturated carbocycles. The van der Waals surface area contributed by atoms with Crippen LogP contribution in [0, 0.1) is 0 Å². The van der Waals surface area contributed by atoms with Gasteiger partial charge in [0.1, 0.15) is 17.6 Å². The minimum Gasteiger partial charge on any atom is -0.495 e. The lowest BCUT2D eigenvalue weighted by molar-refractivity contribution is 0.230. The van der Waals surface area contributed by atoms with Gasteiger partial charge in [0.25, 0.3) is 0 Å². The zero-order valence-electron chi connectivity index (χ0n) is 9.48. The molecule has 0 fully saturated rings. The first-order valence-corrected chi connectivity index (χ1v) is 5.56. The number of nitrogens with two attached hydrogens (primary N) is 1. The van der Waals surface area contributed by atoms with Crippen LogP contribution in [0.4, 0.5) is 5.69 Å². The number of nitrogen functional groups attached to an aromatic ring is 1. The highest BCUT2D eigenvalue weighted by atomic mass is 16.5. The molecule has 0 aromatic heterocycles. The molecular weight excluding hydrogens is 202 g/mol. The largest absolute Gasteiger partial charge is 0.495 e. The van der Waals surface area contributed by atoms with Gasteiger partial charge in [0.05, 0.1) is 12.8 Å². The number of benzene rings is 1. The van der Waals surface area contributed by atoms with Gasteiger partial charge in [-0.05, 0) is 37.5 Å². The molecule has 1 atom stereocenters. The molecule has 0 bridgehead atoms. The molecule has 3 nitrogen and oxygen atoms in total. The van der Waals surface area contributed by atoms with E-state index in [0.29, 0.717) is 11.4 Å². The van der Waals surface area contributed by atoms with Crippen LogP contribution in [0.15, 0.2) is 30.4 Å². The van der Waals surface area contributed by atoms with Gasteiger partial charge in [-0.3, -0.25) is 0 Å². The summed E-state index contributed by atoms with van der Waals surface area (Å²) in [7, 11) is 1.61. The Morgan fingerprint density at radius 1 is 1.38 bits per heavy atom. The molecule has 1 unspecified atom stereocenters.